The summed E-state index contributed by atoms with van der Waals surface area (Å²) in [4.78, 5) is 0. The van der Waals surface area contributed by atoms with Gasteiger partial charge in [0, 0.05) is 39.2 Å². The van der Waals surface area contributed by atoms with Gasteiger partial charge in [0.2, 0.25) is 0 Å². The van der Waals surface area contributed by atoms with E-state index in [-0.39, 0.29) is 5.60 Å². The molecule has 1 saturated heterocycles. The molecule has 0 aromatic rings. The molecule has 1 atom stereocenters. The van der Waals surface area contributed by atoms with Crippen LogP contribution in [0.2, 0.25) is 0 Å². The average Bonchev–Trinajstić information content (AvgIpc) is 2.42. The molecule has 17 heavy (non-hydrogen) atoms. The van der Waals surface area contributed by atoms with Crippen LogP contribution in [0.1, 0.15) is 44.9 Å². The minimum atomic E-state index is 0.00894. The van der Waals surface area contributed by atoms with Crippen molar-refractivity contribution < 1.29 is 9.47 Å². The van der Waals surface area contributed by atoms with Gasteiger partial charge in [-0.05, 0) is 25.8 Å². The lowest BCUT2D eigenvalue weighted by molar-refractivity contribution is -0.121. The van der Waals surface area contributed by atoms with Gasteiger partial charge in [0.25, 0.3) is 0 Å². The zero-order chi connectivity index (χ0) is 12.1. The highest BCUT2D eigenvalue weighted by molar-refractivity contribution is 4.98. The van der Waals surface area contributed by atoms with Gasteiger partial charge in [0.15, 0.2) is 0 Å². The van der Waals surface area contributed by atoms with E-state index in [1.165, 1.54) is 32.1 Å². The standard InChI is InChI=1S/C14H27NO2/c1-15-13(12-6-4-3-5-7-12)14(16-2)8-10-17-11-9-14/h12-13,15H,3-11H2,1-2H3. The van der Waals surface area contributed by atoms with Crippen LogP contribution in [-0.4, -0.2) is 39.0 Å². The fraction of sp³-hybridized carbons (Fsp3) is 1.00. The first-order valence-electron chi connectivity index (χ1n) is 7.12. The van der Waals surface area contributed by atoms with E-state index >= 15 is 0 Å². The van der Waals surface area contributed by atoms with Crippen molar-refractivity contribution in [2.75, 3.05) is 27.4 Å². The molecule has 1 aliphatic carbocycles. The maximum Gasteiger partial charge on any atom is 0.0877 e. The Hall–Kier alpha value is -0.120. The molecule has 0 aromatic heterocycles. The van der Waals surface area contributed by atoms with Gasteiger partial charge >= 0.3 is 0 Å². The molecule has 2 aliphatic rings. The summed E-state index contributed by atoms with van der Waals surface area (Å²) in [6.45, 7) is 1.69. The first-order valence-corrected chi connectivity index (χ1v) is 7.12. The number of likely N-dealkylation sites (N-methyl/N-ethyl adjacent to an activating group) is 1. The fourth-order valence-corrected chi connectivity index (χ4v) is 3.75. The molecule has 3 nitrogen and oxygen atoms in total. The first kappa shape index (κ1) is 13.3. The van der Waals surface area contributed by atoms with Gasteiger partial charge in [0.05, 0.1) is 5.60 Å². The molecule has 1 unspecified atom stereocenters. The first-order chi connectivity index (χ1) is 8.32. The van der Waals surface area contributed by atoms with Crippen LogP contribution in [0, 0.1) is 5.92 Å². The Morgan fingerprint density at radius 1 is 1.18 bits per heavy atom. The Morgan fingerprint density at radius 3 is 2.35 bits per heavy atom. The van der Waals surface area contributed by atoms with Gasteiger partial charge in [-0.3, -0.25) is 0 Å². The average molecular weight is 241 g/mol. The summed E-state index contributed by atoms with van der Waals surface area (Å²) in [7, 11) is 3.97. The molecule has 100 valence electrons. The van der Waals surface area contributed by atoms with E-state index in [1.807, 2.05) is 7.11 Å². The van der Waals surface area contributed by atoms with Crippen molar-refractivity contribution in [3.63, 3.8) is 0 Å². The molecule has 1 heterocycles. The summed E-state index contributed by atoms with van der Waals surface area (Å²) >= 11 is 0. The predicted octanol–water partition coefficient (Wildman–Crippen LogP) is 2.35. The summed E-state index contributed by atoms with van der Waals surface area (Å²) in [5.74, 6) is 0.784. The lowest BCUT2D eigenvalue weighted by Crippen LogP contribution is -2.57. The quantitative estimate of drug-likeness (QED) is 0.819. The second kappa shape index (κ2) is 6.17. The third kappa shape index (κ3) is 2.83. The molecule has 1 saturated carbocycles. The molecule has 0 radical (unpaired) electrons. The van der Waals surface area contributed by atoms with E-state index < -0.39 is 0 Å². The molecule has 0 amide bonds. The lowest BCUT2D eigenvalue weighted by atomic mass is 9.73. The van der Waals surface area contributed by atoms with Crippen molar-refractivity contribution in [2.45, 2.75) is 56.6 Å². The molecule has 1 aliphatic heterocycles. The SMILES string of the molecule is CNC(C1CCCCC1)C1(OC)CCOCC1. The molecular weight excluding hydrogens is 214 g/mol. The van der Waals surface area contributed by atoms with Crippen LogP contribution in [0.4, 0.5) is 0 Å². The lowest BCUT2D eigenvalue weighted by Gasteiger charge is -2.46. The Labute approximate surface area is 105 Å². The summed E-state index contributed by atoms with van der Waals surface area (Å²) in [6, 6.07) is 0.497. The second-order valence-corrected chi connectivity index (χ2v) is 5.55. The highest BCUT2D eigenvalue weighted by Gasteiger charge is 2.43. The third-order valence-electron chi connectivity index (χ3n) is 4.74. The number of methoxy groups -OCH3 is 1. The Balaban J connectivity index is 2.07. The number of hydrogen-bond donors (Lipinski definition) is 1. The molecule has 0 aromatic carbocycles. The number of rotatable bonds is 4. The van der Waals surface area contributed by atoms with E-state index in [1.54, 1.807) is 0 Å². The molecule has 2 fully saturated rings. The Kier molecular flexibility index (Phi) is 4.83. The van der Waals surface area contributed by atoms with Crippen molar-refractivity contribution in [3.8, 4) is 0 Å². The van der Waals surface area contributed by atoms with Crippen LogP contribution < -0.4 is 5.32 Å². The van der Waals surface area contributed by atoms with Crippen molar-refractivity contribution in [3.05, 3.63) is 0 Å². The van der Waals surface area contributed by atoms with Crippen LogP contribution in [-0.2, 0) is 9.47 Å². The summed E-state index contributed by atoms with van der Waals surface area (Å²) in [6.07, 6.45) is 8.97. The van der Waals surface area contributed by atoms with Gasteiger partial charge in [-0.1, -0.05) is 19.3 Å². The van der Waals surface area contributed by atoms with Crippen LogP contribution in [0.25, 0.3) is 0 Å². The zero-order valence-corrected chi connectivity index (χ0v) is 11.3. The smallest absolute Gasteiger partial charge is 0.0877 e. The van der Waals surface area contributed by atoms with Gasteiger partial charge in [-0.15, -0.1) is 0 Å². The molecule has 0 spiro atoms. The number of ether oxygens (including phenoxy) is 2. The van der Waals surface area contributed by atoms with Gasteiger partial charge in [-0.25, -0.2) is 0 Å². The van der Waals surface area contributed by atoms with Crippen LogP contribution in [0.3, 0.4) is 0 Å². The largest absolute Gasteiger partial charge is 0.381 e. The maximum absolute atomic E-state index is 5.94. The van der Waals surface area contributed by atoms with E-state index in [9.17, 15) is 0 Å². The Morgan fingerprint density at radius 2 is 1.82 bits per heavy atom. The predicted molar refractivity (Wildman–Crippen MR) is 69.2 cm³/mol. The third-order valence-corrected chi connectivity index (χ3v) is 4.74. The zero-order valence-electron chi connectivity index (χ0n) is 11.3. The van der Waals surface area contributed by atoms with E-state index in [0.29, 0.717) is 6.04 Å². The highest BCUT2D eigenvalue weighted by Crippen LogP contribution is 2.37. The second-order valence-electron chi connectivity index (χ2n) is 5.55. The maximum atomic E-state index is 5.94. The van der Waals surface area contributed by atoms with Crippen molar-refractivity contribution in [2.24, 2.45) is 5.92 Å². The molecule has 0 bridgehead atoms. The van der Waals surface area contributed by atoms with Crippen molar-refractivity contribution in [1.82, 2.24) is 5.32 Å². The molecule has 2 rings (SSSR count). The summed E-state index contributed by atoms with van der Waals surface area (Å²) in [5.41, 5.74) is 0.00894. The van der Waals surface area contributed by atoms with Crippen LogP contribution in [0.15, 0.2) is 0 Å². The summed E-state index contributed by atoms with van der Waals surface area (Å²) in [5, 5.41) is 3.55. The number of hydrogen-bond acceptors (Lipinski definition) is 3. The van der Waals surface area contributed by atoms with Crippen LogP contribution >= 0.6 is 0 Å². The molecular formula is C14H27NO2. The van der Waals surface area contributed by atoms with E-state index in [4.69, 9.17) is 9.47 Å². The monoisotopic (exact) mass is 241 g/mol. The van der Waals surface area contributed by atoms with Crippen molar-refractivity contribution >= 4 is 0 Å². The Bertz CT molecular complexity index is 220. The minimum absolute atomic E-state index is 0.00894. The van der Waals surface area contributed by atoms with Gasteiger partial charge in [0.1, 0.15) is 0 Å². The van der Waals surface area contributed by atoms with Gasteiger partial charge < -0.3 is 14.8 Å². The molecule has 1 N–H and O–H groups in total. The summed E-state index contributed by atoms with van der Waals surface area (Å²) < 4.78 is 11.4. The molecule has 3 heteroatoms. The van der Waals surface area contributed by atoms with Crippen LogP contribution in [0.5, 0.6) is 0 Å². The van der Waals surface area contributed by atoms with E-state index in [2.05, 4.69) is 12.4 Å². The fourth-order valence-electron chi connectivity index (χ4n) is 3.75. The number of nitrogens with one attached hydrogen (secondary N) is 1. The minimum Gasteiger partial charge on any atom is -0.381 e. The highest BCUT2D eigenvalue weighted by atomic mass is 16.5. The van der Waals surface area contributed by atoms with E-state index in [0.717, 1.165) is 32.0 Å². The van der Waals surface area contributed by atoms with Gasteiger partial charge in [-0.2, -0.15) is 0 Å². The normalized spacial score (nSPS) is 27.9. The van der Waals surface area contributed by atoms with Crippen molar-refractivity contribution in [1.29, 1.82) is 0 Å². The topological polar surface area (TPSA) is 30.5 Å².